The molecule has 2 heterocycles. The zero-order chi connectivity index (χ0) is 17.8. The van der Waals surface area contributed by atoms with Gasteiger partial charge < -0.3 is 15.0 Å². The second kappa shape index (κ2) is 7.46. The Morgan fingerprint density at radius 3 is 2.92 bits per heavy atom. The summed E-state index contributed by atoms with van der Waals surface area (Å²) in [5.41, 5.74) is 0.914. The van der Waals surface area contributed by atoms with E-state index in [1.54, 1.807) is 30.6 Å². The number of hydrogen-bond acceptors (Lipinski definition) is 5. The Morgan fingerprint density at radius 1 is 1.36 bits per heavy atom. The summed E-state index contributed by atoms with van der Waals surface area (Å²) in [6.07, 6.45) is 3.43. The lowest BCUT2D eigenvalue weighted by Crippen LogP contribution is -2.38. The molecule has 0 spiro atoms. The Morgan fingerprint density at radius 2 is 2.16 bits per heavy atom. The second-order valence-corrected chi connectivity index (χ2v) is 6.27. The largest absolute Gasteiger partial charge is 0.447 e. The molecule has 132 valence electrons. The van der Waals surface area contributed by atoms with Crippen molar-refractivity contribution in [2.45, 2.75) is 32.4 Å². The van der Waals surface area contributed by atoms with Gasteiger partial charge in [0.2, 0.25) is 0 Å². The molecule has 0 aliphatic carbocycles. The van der Waals surface area contributed by atoms with E-state index in [0.29, 0.717) is 23.6 Å². The highest BCUT2D eigenvalue weighted by molar-refractivity contribution is 5.68. The molecule has 1 N–H and O–H groups in total. The van der Waals surface area contributed by atoms with Crippen LogP contribution in [0.1, 0.15) is 20.3 Å². The quantitative estimate of drug-likeness (QED) is 0.923. The topological polar surface area (TPSA) is 67.3 Å². The van der Waals surface area contributed by atoms with E-state index >= 15 is 0 Å². The van der Waals surface area contributed by atoms with Crippen molar-refractivity contribution < 1.29 is 13.9 Å². The van der Waals surface area contributed by atoms with Crippen molar-refractivity contribution in [1.82, 2.24) is 15.3 Å². The summed E-state index contributed by atoms with van der Waals surface area (Å²) < 4.78 is 19.1. The summed E-state index contributed by atoms with van der Waals surface area (Å²) in [6.45, 7) is 4.97. The minimum Gasteiger partial charge on any atom is -0.447 e. The van der Waals surface area contributed by atoms with Crippen molar-refractivity contribution in [3.8, 4) is 11.3 Å². The molecule has 6 nitrogen and oxygen atoms in total. The summed E-state index contributed by atoms with van der Waals surface area (Å²) in [7, 11) is 0. The van der Waals surface area contributed by atoms with Crippen LogP contribution in [0.2, 0.25) is 0 Å². The maximum absolute atomic E-state index is 14.0. The molecular weight excluding hydrogens is 323 g/mol. The predicted molar refractivity (Wildman–Crippen MR) is 92.8 cm³/mol. The fourth-order valence-corrected chi connectivity index (χ4v) is 2.81. The number of nitrogens with zero attached hydrogens (tertiary/aromatic N) is 3. The molecule has 7 heteroatoms. The van der Waals surface area contributed by atoms with E-state index in [4.69, 9.17) is 4.74 Å². The van der Waals surface area contributed by atoms with Crippen molar-refractivity contribution in [3.05, 3.63) is 42.5 Å². The van der Waals surface area contributed by atoms with Gasteiger partial charge in [-0.1, -0.05) is 12.1 Å². The molecule has 0 bridgehead atoms. The highest BCUT2D eigenvalue weighted by Crippen LogP contribution is 2.24. The van der Waals surface area contributed by atoms with Gasteiger partial charge >= 0.3 is 6.09 Å². The summed E-state index contributed by atoms with van der Waals surface area (Å²) in [6, 6.07) is 6.48. The molecule has 2 aromatic rings. The van der Waals surface area contributed by atoms with Crippen molar-refractivity contribution in [3.63, 3.8) is 0 Å². The van der Waals surface area contributed by atoms with E-state index in [-0.39, 0.29) is 18.0 Å². The van der Waals surface area contributed by atoms with E-state index in [2.05, 4.69) is 15.3 Å². The molecule has 1 saturated heterocycles. The van der Waals surface area contributed by atoms with E-state index < -0.39 is 6.09 Å². The lowest BCUT2D eigenvalue weighted by molar-refractivity contribution is 0.113. The number of anilines is 1. The zero-order valence-corrected chi connectivity index (χ0v) is 14.3. The number of alkyl carbamates (subject to hydrolysis) is 1. The van der Waals surface area contributed by atoms with E-state index in [1.165, 1.54) is 6.07 Å². The van der Waals surface area contributed by atoms with Crippen LogP contribution in [0.15, 0.2) is 36.7 Å². The molecule has 1 fully saturated rings. The zero-order valence-electron chi connectivity index (χ0n) is 14.3. The van der Waals surface area contributed by atoms with Gasteiger partial charge in [-0.15, -0.1) is 0 Å². The molecule has 0 saturated carbocycles. The third-order valence-electron chi connectivity index (χ3n) is 3.95. The normalized spacial score (nSPS) is 17.0. The van der Waals surface area contributed by atoms with Gasteiger partial charge in [-0.05, 0) is 32.4 Å². The van der Waals surface area contributed by atoms with Gasteiger partial charge in [0, 0.05) is 18.7 Å². The first kappa shape index (κ1) is 17.1. The Kier molecular flexibility index (Phi) is 5.11. The lowest BCUT2D eigenvalue weighted by atomic mass is 10.1. The number of halogens is 1. The van der Waals surface area contributed by atoms with Crippen LogP contribution < -0.4 is 10.2 Å². The molecule has 1 aromatic carbocycles. The van der Waals surface area contributed by atoms with Crippen LogP contribution in [0.4, 0.5) is 15.0 Å². The van der Waals surface area contributed by atoms with Crippen LogP contribution in [0.5, 0.6) is 0 Å². The lowest BCUT2D eigenvalue weighted by Gasteiger charge is -2.18. The SMILES string of the molecule is CC(C)OC(=O)N[C@@H]1CCN(c2cncc(-c3ccccc3F)n2)C1. The van der Waals surface area contributed by atoms with E-state index in [1.807, 2.05) is 18.7 Å². The van der Waals surface area contributed by atoms with Crippen LogP contribution in [0, 0.1) is 5.82 Å². The number of ether oxygens (including phenoxy) is 1. The van der Waals surface area contributed by atoms with Gasteiger partial charge in [-0.25, -0.2) is 14.2 Å². The fraction of sp³-hybridized carbons (Fsp3) is 0.389. The number of rotatable bonds is 4. The monoisotopic (exact) mass is 344 g/mol. The molecule has 0 unspecified atom stereocenters. The average Bonchev–Trinajstić information content (AvgIpc) is 3.03. The first-order valence-electron chi connectivity index (χ1n) is 8.32. The van der Waals surface area contributed by atoms with Crippen LogP contribution >= 0.6 is 0 Å². The molecule has 1 aliphatic rings. The Bertz CT molecular complexity index is 753. The number of benzene rings is 1. The fourth-order valence-electron chi connectivity index (χ4n) is 2.81. The number of nitrogens with one attached hydrogen (secondary N) is 1. The number of hydrogen-bond donors (Lipinski definition) is 1. The standard InChI is InChI=1S/C18H21FN4O2/c1-12(2)25-18(24)21-13-7-8-23(11-13)17-10-20-9-16(22-17)14-5-3-4-6-15(14)19/h3-6,9-10,12-13H,7-8,11H2,1-2H3,(H,21,24)/t13-/m1/s1. The van der Waals surface area contributed by atoms with Crippen molar-refractivity contribution in [1.29, 1.82) is 0 Å². The van der Waals surface area contributed by atoms with Gasteiger partial charge in [-0.2, -0.15) is 0 Å². The maximum Gasteiger partial charge on any atom is 0.407 e. The smallest absolute Gasteiger partial charge is 0.407 e. The van der Waals surface area contributed by atoms with E-state index in [0.717, 1.165) is 13.0 Å². The van der Waals surface area contributed by atoms with Crippen LogP contribution in [-0.2, 0) is 4.74 Å². The van der Waals surface area contributed by atoms with E-state index in [9.17, 15) is 9.18 Å². The maximum atomic E-state index is 14.0. The molecule has 1 aliphatic heterocycles. The summed E-state index contributed by atoms with van der Waals surface area (Å²) in [5.74, 6) is 0.341. The minimum atomic E-state index is -0.409. The summed E-state index contributed by atoms with van der Waals surface area (Å²) >= 11 is 0. The highest BCUT2D eigenvalue weighted by Gasteiger charge is 2.26. The van der Waals surface area contributed by atoms with Crippen LogP contribution in [0.3, 0.4) is 0 Å². The third-order valence-corrected chi connectivity index (χ3v) is 3.95. The predicted octanol–water partition coefficient (Wildman–Crippen LogP) is 3.00. The first-order chi connectivity index (χ1) is 12.0. The number of carbonyl (C=O) groups is 1. The molecule has 1 atom stereocenters. The van der Waals surface area contributed by atoms with Gasteiger partial charge in [0.15, 0.2) is 0 Å². The molecular formula is C18H21FN4O2. The molecule has 0 radical (unpaired) electrons. The van der Waals surface area contributed by atoms with Gasteiger partial charge in [0.1, 0.15) is 11.6 Å². The molecule has 3 rings (SSSR count). The van der Waals surface area contributed by atoms with Gasteiger partial charge in [-0.3, -0.25) is 4.98 Å². The van der Waals surface area contributed by atoms with Crippen molar-refractivity contribution >= 4 is 11.9 Å². The van der Waals surface area contributed by atoms with Crippen molar-refractivity contribution in [2.75, 3.05) is 18.0 Å². The van der Waals surface area contributed by atoms with Crippen LogP contribution in [0.25, 0.3) is 11.3 Å². The summed E-state index contributed by atoms with van der Waals surface area (Å²) in [5, 5.41) is 2.85. The molecule has 1 amide bonds. The Hall–Kier alpha value is -2.70. The Balaban J connectivity index is 1.68. The molecule has 1 aromatic heterocycles. The van der Waals surface area contributed by atoms with Crippen molar-refractivity contribution in [2.24, 2.45) is 0 Å². The second-order valence-electron chi connectivity index (χ2n) is 6.27. The third kappa shape index (κ3) is 4.23. The van der Waals surface area contributed by atoms with Gasteiger partial charge in [0.25, 0.3) is 0 Å². The minimum absolute atomic E-state index is 0.00910. The Labute approximate surface area is 146 Å². The van der Waals surface area contributed by atoms with Gasteiger partial charge in [0.05, 0.1) is 30.2 Å². The molecule has 25 heavy (non-hydrogen) atoms. The first-order valence-corrected chi connectivity index (χ1v) is 8.32. The number of aromatic nitrogens is 2. The average molecular weight is 344 g/mol. The van der Waals surface area contributed by atoms with Crippen LogP contribution in [-0.4, -0.2) is 41.3 Å². The number of carbonyl (C=O) groups excluding carboxylic acids is 1. The number of amides is 1. The highest BCUT2D eigenvalue weighted by atomic mass is 19.1. The summed E-state index contributed by atoms with van der Waals surface area (Å²) in [4.78, 5) is 22.4.